The Balaban J connectivity index is 1.74. The molecular weight excluding hydrogens is 306 g/mol. The number of aryl methyl sites for hydroxylation is 1. The quantitative estimate of drug-likeness (QED) is 0.526. The zero-order valence-corrected chi connectivity index (χ0v) is 14.3. The van der Waals surface area contributed by atoms with Crippen LogP contribution in [0.25, 0.3) is 11.0 Å². The van der Waals surface area contributed by atoms with Gasteiger partial charge in [0.15, 0.2) is 0 Å². The Bertz CT molecular complexity index is 917. The summed E-state index contributed by atoms with van der Waals surface area (Å²) >= 11 is 0. The molecule has 0 aliphatic rings. The molecule has 4 aromatic rings. The normalized spacial score (nSPS) is 10.9. The van der Waals surface area contributed by atoms with E-state index in [1.807, 2.05) is 6.07 Å². The number of nitrogens with zero attached hydrogens (tertiary/aromatic N) is 3. The molecule has 0 N–H and O–H groups in total. The van der Waals surface area contributed by atoms with Crippen molar-refractivity contribution in [3.63, 3.8) is 0 Å². The highest BCUT2D eigenvalue weighted by Crippen LogP contribution is 2.24. The van der Waals surface area contributed by atoms with Crippen molar-refractivity contribution in [2.24, 2.45) is 7.05 Å². The van der Waals surface area contributed by atoms with Crippen LogP contribution in [0.3, 0.4) is 0 Å². The first-order valence-corrected chi connectivity index (χ1v) is 8.55. The summed E-state index contributed by atoms with van der Waals surface area (Å²) in [7, 11) is 2.09. The molecule has 0 atom stereocenters. The van der Waals surface area contributed by atoms with E-state index in [9.17, 15) is 0 Å². The first-order valence-electron chi connectivity index (χ1n) is 8.55. The molecule has 0 saturated heterocycles. The van der Waals surface area contributed by atoms with E-state index in [0.717, 1.165) is 30.1 Å². The zero-order valence-electron chi connectivity index (χ0n) is 14.3. The highest BCUT2D eigenvalue weighted by molar-refractivity contribution is 5.78. The maximum Gasteiger partial charge on any atom is 0.206 e. The summed E-state index contributed by atoms with van der Waals surface area (Å²) in [6, 6.07) is 29.4. The molecule has 0 bridgehead atoms. The van der Waals surface area contributed by atoms with Crippen LogP contribution in [-0.4, -0.2) is 9.55 Å². The van der Waals surface area contributed by atoms with Crippen molar-refractivity contribution in [1.82, 2.24) is 9.55 Å². The smallest absolute Gasteiger partial charge is 0.206 e. The topological polar surface area (TPSA) is 21.1 Å². The maximum atomic E-state index is 4.89. The number of anilines is 1. The third-order valence-electron chi connectivity index (χ3n) is 4.48. The number of aromatic nitrogens is 2. The Morgan fingerprint density at radius 1 is 0.720 bits per heavy atom. The predicted molar refractivity (Wildman–Crippen MR) is 103 cm³/mol. The van der Waals surface area contributed by atoms with E-state index in [-0.39, 0.29) is 0 Å². The summed E-state index contributed by atoms with van der Waals surface area (Å²) in [6.07, 6.45) is 0. The van der Waals surface area contributed by atoms with Crippen LogP contribution >= 0.6 is 0 Å². The molecule has 0 aliphatic carbocycles. The first-order chi connectivity index (χ1) is 12.3. The number of imidazole rings is 1. The van der Waals surface area contributed by atoms with E-state index in [4.69, 9.17) is 4.98 Å². The van der Waals surface area contributed by atoms with Gasteiger partial charge in [0.05, 0.1) is 11.0 Å². The second-order valence-corrected chi connectivity index (χ2v) is 6.29. The van der Waals surface area contributed by atoms with Gasteiger partial charge in [0.1, 0.15) is 0 Å². The van der Waals surface area contributed by atoms with Crippen LogP contribution in [0.4, 0.5) is 5.95 Å². The van der Waals surface area contributed by atoms with Crippen molar-refractivity contribution < 1.29 is 0 Å². The molecule has 0 spiro atoms. The molecule has 25 heavy (non-hydrogen) atoms. The van der Waals surface area contributed by atoms with E-state index >= 15 is 0 Å². The van der Waals surface area contributed by atoms with Gasteiger partial charge in [0.2, 0.25) is 5.95 Å². The van der Waals surface area contributed by atoms with Gasteiger partial charge in [-0.2, -0.15) is 0 Å². The Hall–Kier alpha value is -3.07. The summed E-state index contributed by atoms with van der Waals surface area (Å²) < 4.78 is 2.18. The Morgan fingerprint density at radius 3 is 1.80 bits per heavy atom. The molecule has 0 amide bonds. The summed E-state index contributed by atoms with van der Waals surface area (Å²) in [4.78, 5) is 7.23. The van der Waals surface area contributed by atoms with E-state index in [1.54, 1.807) is 0 Å². The van der Waals surface area contributed by atoms with E-state index < -0.39 is 0 Å². The van der Waals surface area contributed by atoms with Crippen molar-refractivity contribution in [2.75, 3.05) is 4.90 Å². The fraction of sp³-hybridized carbons (Fsp3) is 0.136. The van der Waals surface area contributed by atoms with Crippen molar-refractivity contribution in [1.29, 1.82) is 0 Å². The van der Waals surface area contributed by atoms with Crippen LogP contribution < -0.4 is 4.90 Å². The molecule has 124 valence electrons. The Kier molecular flexibility index (Phi) is 4.21. The fourth-order valence-electron chi connectivity index (χ4n) is 3.22. The van der Waals surface area contributed by atoms with Crippen LogP contribution in [0, 0.1) is 0 Å². The minimum atomic E-state index is 0.826. The Morgan fingerprint density at radius 2 is 1.24 bits per heavy atom. The van der Waals surface area contributed by atoms with Gasteiger partial charge in [-0.05, 0) is 23.3 Å². The molecule has 3 nitrogen and oxygen atoms in total. The lowest BCUT2D eigenvalue weighted by Crippen LogP contribution is -2.25. The standard InChI is InChI=1S/C22H21N3/c1-24-21-15-9-8-14-20(21)23-22(24)25(16-18-10-4-2-5-11-18)17-19-12-6-3-7-13-19/h2-15H,16-17H2,1H3. The van der Waals surface area contributed by atoms with Gasteiger partial charge in [-0.3, -0.25) is 0 Å². The number of hydrogen-bond donors (Lipinski definition) is 0. The van der Waals surface area contributed by atoms with Crippen molar-refractivity contribution in [3.8, 4) is 0 Å². The molecule has 0 radical (unpaired) electrons. The third-order valence-corrected chi connectivity index (χ3v) is 4.48. The average Bonchev–Trinajstić information content (AvgIpc) is 3.00. The molecule has 0 unspecified atom stereocenters. The lowest BCUT2D eigenvalue weighted by atomic mass is 10.2. The molecule has 1 aromatic heterocycles. The minimum Gasteiger partial charge on any atom is -0.334 e. The predicted octanol–water partition coefficient (Wildman–Crippen LogP) is 4.78. The van der Waals surface area contributed by atoms with Crippen LogP contribution in [0.2, 0.25) is 0 Å². The largest absolute Gasteiger partial charge is 0.334 e. The summed E-state index contributed by atoms with van der Waals surface area (Å²) in [6.45, 7) is 1.65. The van der Waals surface area contributed by atoms with Crippen LogP contribution in [-0.2, 0) is 20.1 Å². The van der Waals surface area contributed by atoms with Crippen molar-refractivity contribution in [3.05, 3.63) is 96.1 Å². The molecule has 3 heteroatoms. The number of hydrogen-bond acceptors (Lipinski definition) is 2. The summed E-state index contributed by atoms with van der Waals surface area (Å²) in [5.41, 5.74) is 4.76. The number of fused-ring (bicyclic) bond motifs is 1. The molecular formula is C22H21N3. The molecule has 3 aromatic carbocycles. The van der Waals surface area contributed by atoms with Gasteiger partial charge in [0, 0.05) is 20.1 Å². The summed E-state index contributed by atoms with van der Waals surface area (Å²) in [5, 5.41) is 0. The fourth-order valence-corrected chi connectivity index (χ4v) is 3.22. The highest BCUT2D eigenvalue weighted by atomic mass is 15.3. The van der Waals surface area contributed by atoms with Crippen molar-refractivity contribution in [2.45, 2.75) is 13.1 Å². The number of rotatable bonds is 5. The molecule has 0 saturated carbocycles. The van der Waals surface area contributed by atoms with Crippen LogP contribution in [0.15, 0.2) is 84.9 Å². The van der Waals surface area contributed by atoms with Crippen LogP contribution in [0.1, 0.15) is 11.1 Å². The lowest BCUT2D eigenvalue weighted by Gasteiger charge is -2.24. The molecule has 0 fully saturated rings. The third kappa shape index (κ3) is 3.26. The monoisotopic (exact) mass is 327 g/mol. The van der Waals surface area contributed by atoms with Gasteiger partial charge < -0.3 is 9.47 Å². The zero-order chi connectivity index (χ0) is 17.1. The lowest BCUT2D eigenvalue weighted by molar-refractivity contribution is 0.738. The van der Waals surface area contributed by atoms with Gasteiger partial charge in [0.25, 0.3) is 0 Å². The van der Waals surface area contributed by atoms with Gasteiger partial charge >= 0.3 is 0 Å². The Labute approximate surface area is 148 Å². The van der Waals surface area contributed by atoms with E-state index in [2.05, 4.69) is 95.4 Å². The minimum absolute atomic E-state index is 0.826. The van der Waals surface area contributed by atoms with Gasteiger partial charge in [-0.15, -0.1) is 0 Å². The molecule has 0 aliphatic heterocycles. The number of benzene rings is 3. The average molecular weight is 327 g/mol. The second kappa shape index (κ2) is 6.81. The van der Waals surface area contributed by atoms with Gasteiger partial charge in [-0.1, -0.05) is 72.8 Å². The number of para-hydroxylation sites is 2. The summed E-state index contributed by atoms with van der Waals surface area (Å²) in [5.74, 6) is 0.994. The van der Waals surface area contributed by atoms with Gasteiger partial charge in [-0.25, -0.2) is 4.98 Å². The second-order valence-electron chi connectivity index (χ2n) is 6.29. The van der Waals surface area contributed by atoms with Crippen molar-refractivity contribution >= 4 is 17.0 Å². The molecule has 4 rings (SSSR count). The first kappa shape index (κ1) is 15.5. The van der Waals surface area contributed by atoms with Crippen LogP contribution in [0.5, 0.6) is 0 Å². The SMILES string of the molecule is Cn1c(N(Cc2ccccc2)Cc2ccccc2)nc2ccccc21. The van der Waals surface area contributed by atoms with E-state index in [0.29, 0.717) is 0 Å². The maximum absolute atomic E-state index is 4.89. The molecule has 1 heterocycles. The highest BCUT2D eigenvalue weighted by Gasteiger charge is 2.16. The van der Waals surface area contributed by atoms with E-state index in [1.165, 1.54) is 11.1 Å².